The van der Waals surface area contributed by atoms with Crippen molar-refractivity contribution >= 4 is 0 Å². The van der Waals surface area contributed by atoms with Gasteiger partial charge in [0, 0.05) is 45.0 Å². The van der Waals surface area contributed by atoms with Gasteiger partial charge in [-0.15, -0.1) is 0 Å². The van der Waals surface area contributed by atoms with Gasteiger partial charge < -0.3 is 10.1 Å². The summed E-state index contributed by atoms with van der Waals surface area (Å²) in [7, 11) is 1.99. The third kappa shape index (κ3) is 4.40. The number of hydrogen-bond donors (Lipinski definition) is 1. The molecule has 0 amide bonds. The molecule has 1 aliphatic heterocycles. The van der Waals surface area contributed by atoms with E-state index >= 15 is 0 Å². The van der Waals surface area contributed by atoms with Crippen LogP contribution in [0.2, 0.25) is 0 Å². The van der Waals surface area contributed by atoms with Gasteiger partial charge in [-0.2, -0.15) is 5.10 Å². The van der Waals surface area contributed by atoms with Crippen molar-refractivity contribution in [2.24, 2.45) is 7.05 Å². The maximum atomic E-state index is 5.33. The summed E-state index contributed by atoms with van der Waals surface area (Å²) >= 11 is 0. The van der Waals surface area contributed by atoms with E-state index in [-0.39, 0.29) is 0 Å². The van der Waals surface area contributed by atoms with Gasteiger partial charge in [0.15, 0.2) is 0 Å². The standard InChI is InChI=1S/C13H24N4O/c1-16-13(4-7-15-16)3-6-14-5-2-8-17-9-11-18-12-10-17/h4,7,14H,2-3,5-6,8-12H2,1H3. The Hall–Kier alpha value is -0.910. The minimum absolute atomic E-state index is 0.897. The van der Waals surface area contributed by atoms with Crippen molar-refractivity contribution < 1.29 is 4.74 Å². The van der Waals surface area contributed by atoms with Gasteiger partial charge in [-0.1, -0.05) is 0 Å². The second kappa shape index (κ2) is 7.51. The summed E-state index contributed by atoms with van der Waals surface area (Å²) in [4.78, 5) is 2.48. The fourth-order valence-corrected chi connectivity index (χ4v) is 2.24. The lowest BCUT2D eigenvalue weighted by Crippen LogP contribution is -2.37. The van der Waals surface area contributed by atoms with Crippen molar-refractivity contribution in [2.75, 3.05) is 45.9 Å². The predicted octanol–water partition coefficient (Wildman–Crippen LogP) is 0.275. The Labute approximate surface area is 109 Å². The van der Waals surface area contributed by atoms with Crippen molar-refractivity contribution in [1.29, 1.82) is 0 Å². The van der Waals surface area contributed by atoms with Crippen LogP contribution in [-0.4, -0.2) is 60.6 Å². The molecule has 0 saturated carbocycles. The second-order valence-corrected chi connectivity index (χ2v) is 4.75. The first-order chi connectivity index (χ1) is 8.86. The SMILES string of the molecule is Cn1nccc1CCNCCCN1CCOCC1. The molecule has 0 unspecified atom stereocenters. The molecular formula is C13H24N4O. The summed E-state index contributed by atoms with van der Waals surface area (Å²) in [5.41, 5.74) is 1.29. The number of nitrogens with zero attached hydrogens (tertiary/aromatic N) is 3. The van der Waals surface area contributed by atoms with Crippen molar-refractivity contribution in [2.45, 2.75) is 12.8 Å². The molecule has 1 aromatic heterocycles. The molecule has 1 saturated heterocycles. The predicted molar refractivity (Wildman–Crippen MR) is 71.7 cm³/mol. The monoisotopic (exact) mass is 252 g/mol. The van der Waals surface area contributed by atoms with Gasteiger partial charge in [0.2, 0.25) is 0 Å². The Balaban J connectivity index is 1.47. The van der Waals surface area contributed by atoms with Crippen LogP contribution >= 0.6 is 0 Å². The highest BCUT2D eigenvalue weighted by Crippen LogP contribution is 1.98. The lowest BCUT2D eigenvalue weighted by molar-refractivity contribution is 0.0375. The summed E-state index contributed by atoms with van der Waals surface area (Å²) in [6, 6.07) is 2.08. The Kier molecular flexibility index (Phi) is 5.64. The van der Waals surface area contributed by atoms with Crippen LogP contribution in [0.25, 0.3) is 0 Å². The van der Waals surface area contributed by atoms with E-state index in [1.165, 1.54) is 18.7 Å². The Bertz CT molecular complexity index is 333. The van der Waals surface area contributed by atoms with Crippen LogP contribution in [-0.2, 0) is 18.2 Å². The Morgan fingerprint density at radius 1 is 1.33 bits per heavy atom. The molecule has 2 heterocycles. The molecule has 1 N–H and O–H groups in total. The number of aromatic nitrogens is 2. The van der Waals surface area contributed by atoms with Gasteiger partial charge >= 0.3 is 0 Å². The number of ether oxygens (including phenoxy) is 1. The topological polar surface area (TPSA) is 42.3 Å². The molecule has 102 valence electrons. The molecule has 0 atom stereocenters. The van der Waals surface area contributed by atoms with Gasteiger partial charge in [-0.05, 0) is 25.6 Å². The maximum Gasteiger partial charge on any atom is 0.0594 e. The van der Waals surface area contributed by atoms with Crippen LogP contribution < -0.4 is 5.32 Å². The van der Waals surface area contributed by atoms with Crippen LogP contribution in [0.4, 0.5) is 0 Å². The molecule has 0 aliphatic carbocycles. The number of rotatable bonds is 7. The first-order valence-corrected chi connectivity index (χ1v) is 6.84. The summed E-state index contributed by atoms with van der Waals surface area (Å²) in [5, 5.41) is 7.65. The lowest BCUT2D eigenvalue weighted by atomic mass is 10.3. The second-order valence-electron chi connectivity index (χ2n) is 4.75. The number of aryl methyl sites for hydroxylation is 1. The van der Waals surface area contributed by atoms with Gasteiger partial charge in [0.25, 0.3) is 0 Å². The maximum absolute atomic E-state index is 5.33. The van der Waals surface area contributed by atoms with Gasteiger partial charge in [-0.25, -0.2) is 0 Å². The Morgan fingerprint density at radius 3 is 2.89 bits per heavy atom. The molecule has 0 spiro atoms. The summed E-state index contributed by atoms with van der Waals surface area (Å²) in [5.74, 6) is 0. The van der Waals surface area contributed by atoms with Crippen molar-refractivity contribution in [3.05, 3.63) is 18.0 Å². The summed E-state index contributed by atoms with van der Waals surface area (Å²) in [6.07, 6.45) is 4.12. The smallest absolute Gasteiger partial charge is 0.0594 e. The van der Waals surface area contributed by atoms with E-state index in [1.807, 2.05) is 17.9 Å². The molecule has 0 aromatic carbocycles. The molecule has 1 fully saturated rings. The molecule has 0 radical (unpaired) electrons. The van der Waals surface area contributed by atoms with E-state index in [0.717, 1.165) is 45.8 Å². The highest BCUT2D eigenvalue weighted by molar-refractivity contribution is 5.00. The number of hydrogen-bond acceptors (Lipinski definition) is 4. The van der Waals surface area contributed by atoms with E-state index in [1.54, 1.807) is 0 Å². The molecule has 0 bridgehead atoms. The molecule has 1 aliphatic rings. The van der Waals surface area contributed by atoms with Gasteiger partial charge in [0.05, 0.1) is 13.2 Å². The van der Waals surface area contributed by atoms with E-state index in [9.17, 15) is 0 Å². The summed E-state index contributed by atoms with van der Waals surface area (Å²) < 4.78 is 7.27. The van der Waals surface area contributed by atoms with E-state index in [4.69, 9.17) is 4.74 Å². The highest BCUT2D eigenvalue weighted by atomic mass is 16.5. The van der Waals surface area contributed by atoms with E-state index < -0.39 is 0 Å². The van der Waals surface area contributed by atoms with Crippen LogP contribution in [0.1, 0.15) is 12.1 Å². The fraction of sp³-hybridized carbons (Fsp3) is 0.769. The van der Waals surface area contributed by atoms with Crippen LogP contribution in [0.5, 0.6) is 0 Å². The minimum atomic E-state index is 0.897. The first kappa shape index (κ1) is 13.5. The Morgan fingerprint density at radius 2 is 2.17 bits per heavy atom. The zero-order chi connectivity index (χ0) is 12.6. The minimum Gasteiger partial charge on any atom is -0.379 e. The highest BCUT2D eigenvalue weighted by Gasteiger charge is 2.08. The molecule has 1 aromatic rings. The lowest BCUT2D eigenvalue weighted by Gasteiger charge is -2.26. The zero-order valence-corrected chi connectivity index (χ0v) is 11.3. The van der Waals surface area contributed by atoms with Gasteiger partial charge in [0.1, 0.15) is 0 Å². The third-order valence-corrected chi connectivity index (χ3v) is 3.41. The molecule has 5 heteroatoms. The van der Waals surface area contributed by atoms with Crippen molar-refractivity contribution in [1.82, 2.24) is 20.0 Å². The molecule has 18 heavy (non-hydrogen) atoms. The molecule has 5 nitrogen and oxygen atoms in total. The van der Waals surface area contributed by atoms with Crippen molar-refractivity contribution in [3.63, 3.8) is 0 Å². The van der Waals surface area contributed by atoms with Crippen LogP contribution in [0, 0.1) is 0 Å². The quantitative estimate of drug-likeness (QED) is 0.708. The number of nitrogens with one attached hydrogen (secondary N) is 1. The third-order valence-electron chi connectivity index (χ3n) is 3.41. The van der Waals surface area contributed by atoms with Crippen LogP contribution in [0.3, 0.4) is 0 Å². The fourth-order valence-electron chi connectivity index (χ4n) is 2.24. The molecule has 2 rings (SSSR count). The van der Waals surface area contributed by atoms with Gasteiger partial charge in [-0.3, -0.25) is 9.58 Å². The van der Waals surface area contributed by atoms with E-state index in [0.29, 0.717) is 0 Å². The average Bonchev–Trinajstić information content (AvgIpc) is 2.81. The summed E-state index contributed by atoms with van der Waals surface area (Å²) in [6.45, 7) is 7.28. The zero-order valence-electron chi connectivity index (χ0n) is 11.3. The van der Waals surface area contributed by atoms with Crippen molar-refractivity contribution in [3.8, 4) is 0 Å². The molecular weight excluding hydrogens is 228 g/mol. The van der Waals surface area contributed by atoms with Crippen LogP contribution in [0.15, 0.2) is 12.3 Å². The first-order valence-electron chi connectivity index (χ1n) is 6.84. The number of morpholine rings is 1. The normalized spacial score (nSPS) is 17.2. The average molecular weight is 252 g/mol. The largest absolute Gasteiger partial charge is 0.379 e. The van der Waals surface area contributed by atoms with E-state index in [2.05, 4.69) is 21.4 Å².